The van der Waals surface area contributed by atoms with Crippen molar-refractivity contribution in [2.75, 3.05) is 26.2 Å². The van der Waals surface area contributed by atoms with E-state index in [-0.39, 0.29) is 10.8 Å². The van der Waals surface area contributed by atoms with Crippen molar-refractivity contribution in [2.45, 2.75) is 52.4 Å². The first-order chi connectivity index (χ1) is 14.5. The van der Waals surface area contributed by atoms with Crippen molar-refractivity contribution >= 4 is 12.4 Å². The molecule has 0 radical (unpaired) electrons. The van der Waals surface area contributed by atoms with E-state index in [2.05, 4.69) is 56.8 Å². The zero-order chi connectivity index (χ0) is 23.1. The number of para-hydroxylation sites is 2. The van der Waals surface area contributed by atoms with E-state index in [1.807, 2.05) is 36.4 Å². The Balaban J connectivity index is 1.77. The molecule has 0 aliphatic rings. The van der Waals surface area contributed by atoms with E-state index in [9.17, 15) is 10.2 Å². The van der Waals surface area contributed by atoms with Gasteiger partial charge < -0.3 is 15.5 Å². The van der Waals surface area contributed by atoms with Crippen LogP contribution in [0.1, 0.15) is 63.8 Å². The molecule has 0 saturated heterocycles. The third-order valence-corrected chi connectivity index (χ3v) is 5.05. The molecule has 0 atom stereocenters. The predicted molar refractivity (Wildman–Crippen MR) is 131 cm³/mol. The minimum absolute atomic E-state index is 0.110. The number of phenols is 2. The van der Waals surface area contributed by atoms with E-state index in [0.717, 1.165) is 35.3 Å². The quantitative estimate of drug-likeness (QED) is 0.421. The summed E-state index contributed by atoms with van der Waals surface area (Å²) >= 11 is 0. The Morgan fingerprint density at radius 2 is 1.10 bits per heavy atom. The molecule has 0 aliphatic heterocycles. The van der Waals surface area contributed by atoms with Crippen LogP contribution in [-0.2, 0) is 10.8 Å². The molecule has 3 N–H and O–H groups in total. The summed E-state index contributed by atoms with van der Waals surface area (Å²) in [4.78, 5) is 8.83. The molecule has 2 aromatic carbocycles. The van der Waals surface area contributed by atoms with Crippen LogP contribution in [0.2, 0.25) is 0 Å². The van der Waals surface area contributed by atoms with Gasteiger partial charge in [0.05, 0.1) is 13.1 Å². The van der Waals surface area contributed by atoms with E-state index < -0.39 is 0 Å². The average Bonchev–Trinajstić information content (AvgIpc) is 2.67. The van der Waals surface area contributed by atoms with E-state index >= 15 is 0 Å². The number of benzene rings is 2. The van der Waals surface area contributed by atoms with Crippen molar-refractivity contribution < 1.29 is 10.2 Å². The number of hydrogen-bond acceptors (Lipinski definition) is 5. The van der Waals surface area contributed by atoms with Crippen molar-refractivity contribution in [1.82, 2.24) is 5.32 Å². The maximum absolute atomic E-state index is 10.5. The fraction of sp³-hybridized carbons (Fsp3) is 0.462. The van der Waals surface area contributed by atoms with Crippen LogP contribution in [0.4, 0.5) is 0 Å². The van der Waals surface area contributed by atoms with Gasteiger partial charge in [0.25, 0.3) is 0 Å². The summed E-state index contributed by atoms with van der Waals surface area (Å²) in [6.07, 6.45) is 3.46. The van der Waals surface area contributed by atoms with Gasteiger partial charge in [-0.15, -0.1) is 0 Å². The van der Waals surface area contributed by atoms with Gasteiger partial charge in [0.2, 0.25) is 0 Å². The van der Waals surface area contributed by atoms with Crippen LogP contribution in [0.25, 0.3) is 0 Å². The number of hydrogen-bond donors (Lipinski definition) is 3. The van der Waals surface area contributed by atoms with Crippen LogP contribution in [-0.4, -0.2) is 48.8 Å². The Bertz CT molecular complexity index is 844. The lowest BCUT2D eigenvalue weighted by Gasteiger charge is -2.21. The van der Waals surface area contributed by atoms with Gasteiger partial charge in [-0.05, 0) is 34.1 Å². The SMILES string of the molecule is CC(C)(C)c1cccc(C=NCCNCCN=Cc2cccc(C(C)(C)C)c2O)c1O. The van der Waals surface area contributed by atoms with E-state index in [4.69, 9.17) is 0 Å². The van der Waals surface area contributed by atoms with E-state index in [1.54, 1.807) is 12.4 Å². The highest BCUT2D eigenvalue weighted by Crippen LogP contribution is 2.33. The van der Waals surface area contributed by atoms with Gasteiger partial charge >= 0.3 is 0 Å². The molecule has 0 unspecified atom stereocenters. The lowest BCUT2D eigenvalue weighted by Crippen LogP contribution is -2.21. The second-order valence-corrected chi connectivity index (χ2v) is 9.81. The van der Waals surface area contributed by atoms with Crippen LogP contribution in [0.15, 0.2) is 46.4 Å². The van der Waals surface area contributed by atoms with Crippen molar-refractivity contribution in [3.05, 3.63) is 58.7 Å². The van der Waals surface area contributed by atoms with Gasteiger partial charge in [0.15, 0.2) is 0 Å². The van der Waals surface area contributed by atoms with Gasteiger partial charge in [-0.1, -0.05) is 65.8 Å². The first-order valence-corrected chi connectivity index (χ1v) is 10.9. The molecule has 168 valence electrons. The Labute approximate surface area is 187 Å². The van der Waals surface area contributed by atoms with Gasteiger partial charge in [-0.2, -0.15) is 0 Å². The topological polar surface area (TPSA) is 77.2 Å². The molecule has 2 aromatic rings. The predicted octanol–water partition coefficient (Wildman–Crippen LogP) is 4.82. The molecule has 0 fully saturated rings. The number of phenolic OH excluding ortho intramolecular Hbond substituents is 2. The molecule has 31 heavy (non-hydrogen) atoms. The highest BCUT2D eigenvalue weighted by atomic mass is 16.3. The van der Waals surface area contributed by atoms with Gasteiger partial charge in [-0.3, -0.25) is 9.98 Å². The summed E-state index contributed by atoms with van der Waals surface area (Å²) in [5.74, 6) is 0.611. The van der Waals surface area contributed by atoms with Crippen LogP contribution in [0, 0.1) is 0 Å². The third kappa shape index (κ3) is 7.21. The first kappa shape index (κ1) is 24.6. The monoisotopic (exact) mass is 423 g/mol. The minimum Gasteiger partial charge on any atom is -0.507 e. The van der Waals surface area contributed by atoms with Gasteiger partial charge in [-0.25, -0.2) is 0 Å². The normalized spacial score (nSPS) is 12.8. The average molecular weight is 424 g/mol. The molecular weight excluding hydrogens is 386 g/mol. The molecule has 0 heterocycles. The second-order valence-electron chi connectivity index (χ2n) is 9.81. The molecular formula is C26H37N3O2. The molecule has 0 bridgehead atoms. The van der Waals surface area contributed by atoms with Crippen LogP contribution < -0.4 is 5.32 Å². The number of nitrogens with zero attached hydrogens (tertiary/aromatic N) is 2. The molecule has 2 rings (SSSR count). The largest absolute Gasteiger partial charge is 0.507 e. The molecule has 0 amide bonds. The third-order valence-electron chi connectivity index (χ3n) is 5.05. The first-order valence-electron chi connectivity index (χ1n) is 10.9. The Hall–Kier alpha value is -2.66. The van der Waals surface area contributed by atoms with Crippen LogP contribution >= 0.6 is 0 Å². The zero-order valence-electron chi connectivity index (χ0n) is 19.7. The number of rotatable bonds is 8. The summed E-state index contributed by atoms with van der Waals surface area (Å²) in [7, 11) is 0. The standard InChI is InChI=1S/C26H37N3O2/c1-25(2,3)21-11-7-9-19(23(21)30)17-28-15-13-27-14-16-29-18-20-10-8-12-22(24(20)31)26(4,5)6/h7-12,17-18,27,30-31H,13-16H2,1-6H3. The molecule has 0 spiro atoms. The number of aliphatic imine (C=N–C) groups is 2. The van der Waals surface area contributed by atoms with Crippen LogP contribution in [0.5, 0.6) is 11.5 Å². The summed E-state index contributed by atoms with van der Waals surface area (Å²) in [5, 5.41) is 24.2. The molecule has 0 saturated carbocycles. The van der Waals surface area contributed by atoms with E-state index in [1.165, 1.54) is 0 Å². The Morgan fingerprint density at radius 1 is 0.710 bits per heavy atom. The van der Waals surface area contributed by atoms with Crippen LogP contribution in [0.3, 0.4) is 0 Å². The minimum atomic E-state index is -0.110. The fourth-order valence-electron chi connectivity index (χ4n) is 3.28. The summed E-state index contributed by atoms with van der Waals surface area (Å²) < 4.78 is 0. The fourth-order valence-corrected chi connectivity index (χ4v) is 3.28. The maximum atomic E-state index is 10.5. The second kappa shape index (κ2) is 10.6. The summed E-state index contributed by atoms with van der Waals surface area (Å²) in [6.45, 7) is 15.2. The van der Waals surface area contributed by atoms with Crippen molar-refractivity contribution in [1.29, 1.82) is 0 Å². The highest BCUT2D eigenvalue weighted by molar-refractivity contribution is 5.84. The smallest absolute Gasteiger partial charge is 0.128 e. The summed E-state index contributed by atoms with van der Waals surface area (Å²) in [6, 6.07) is 11.6. The number of aromatic hydroxyl groups is 2. The Morgan fingerprint density at radius 3 is 1.45 bits per heavy atom. The van der Waals surface area contributed by atoms with Crippen molar-refractivity contribution in [2.24, 2.45) is 9.98 Å². The summed E-state index contributed by atoms with van der Waals surface area (Å²) in [5.41, 5.74) is 3.11. The Kier molecular flexibility index (Phi) is 8.40. The van der Waals surface area contributed by atoms with E-state index in [0.29, 0.717) is 24.6 Å². The number of nitrogens with one attached hydrogen (secondary N) is 1. The maximum Gasteiger partial charge on any atom is 0.128 e. The molecule has 5 heteroatoms. The van der Waals surface area contributed by atoms with Gasteiger partial charge in [0, 0.05) is 36.6 Å². The zero-order valence-corrected chi connectivity index (χ0v) is 19.7. The van der Waals surface area contributed by atoms with Crippen molar-refractivity contribution in [3.63, 3.8) is 0 Å². The van der Waals surface area contributed by atoms with Crippen molar-refractivity contribution in [3.8, 4) is 11.5 Å². The lowest BCUT2D eigenvalue weighted by atomic mass is 9.85. The molecule has 0 aromatic heterocycles. The van der Waals surface area contributed by atoms with Gasteiger partial charge in [0.1, 0.15) is 11.5 Å². The highest BCUT2D eigenvalue weighted by Gasteiger charge is 2.19. The molecule has 5 nitrogen and oxygen atoms in total. The lowest BCUT2D eigenvalue weighted by molar-refractivity contribution is 0.445. The molecule has 0 aliphatic carbocycles.